The second kappa shape index (κ2) is 8.03. The molecule has 0 unspecified atom stereocenters. The standard InChI is InChI=1S/C32H23N/c1-22-18-19-33-30(20-22)25-16-17-28-29(21-25)32(24-12-6-3-7-13-24)27-15-9-8-14-26(27)31(28)23-10-4-2-5-11-23/h2-21H,1H3. The molecule has 0 saturated heterocycles. The van der Waals surface area contributed by atoms with E-state index in [2.05, 4.69) is 121 Å². The Bertz CT molecular complexity index is 1600. The first-order chi connectivity index (χ1) is 16.3. The van der Waals surface area contributed by atoms with Gasteiger partial charge in [0.25, 0.3) is 0 Å². The third-order valence-corrected chi connectivity index (χ3v) is 6.36. The molecule has 0 radical (unpaired) electrons. The second-order valence-corrected chi connectivity index (χ2v) is 8.51. The summed E-state index contributed by atoms with van der Waals surface area (Å²) in [6.07, 6.45) is 1.89. The van der Waals surface area contributed by atoms with Gasteiger partial charge < -0.3 is 0 Å². The zero-order valence-corrected chi connectivity index (χ0v) is 18.5. The molecule has 1 heterocycles. The van der Waals surface area contributed by atoms with Crippen molar-refractivity contribution in [3.8, 4) is 33.5 Å². The Balaban J connectivity index is 1.79. The first kappa shape index (κ1) is 19.5. The van der Waals surface area contributed by atoms with Gasteiger partial charge >= 0.3 is 0 Å². The molecule has 0 saturated carbocycles. The van der Waals surface area contributed by atoms with E-state index in [1.165, 1.54) is 49.4 Å². The smallest absolute Gasteiger partial charge is 0.0704 e. The van der Waals surface area contributed by atoms with Crippen LogP contribution >= 0.6 is 0 Å². The lowest BCUT2D eigenvalue weighted by Crippen LogP contribution is -1.92. The summed E-state index contributed by atoms with van der Waals surface area (Å²) in [7, 11) is 0. The molecule has 33 heavy (non-hydrogen) atoms. The fraction of sp³-hybridized carbons (Fsp3) is 0.0312. The van der Waals surface area contributed by atoms with Crippen molar-refractivity contribution in [1.82, 2.24) is 4.98 Å². The van der Waals surface area contributed by atoms with Crippen molar-refractivity contribution in [2.45, 2.75) is 6.92 Å². The maximum Gasteiger partial charge on any atom is 0.0704 e. The van der Waals surface area contributed by atoms with E-state index in [4.69, 9.17) is 0 Å². The maximum absolute atomic E-state index is 4.66. The molecule has 0 spiro atoms. The number of hydrogen-bond donors (Lipinski definition) is 0. The van der Waals surface area contributed by atoms with Crippen LogP contribution in [-0.4, -0.2) is 4.98 Å². The molecule has 0 bridgehead atoms. The summed E-state index contributed by atoms with van der Waals surface area (Å²) in [5.41, 5.74) is 8.38. The first-order valence-electron chi connectivity index (χ1n) is 11.3. The molecule has 0 fully saturated rings. The highest BCUT2D eigenvalue weighted by molar-refractivity contribution is 6.21. The summed E-state index contributed by atoms with van der Waals surface area (Å²) in [6, 6.07) is 41.2. The number of nitrogens with zero attached hydrogens (tertiary/aromatic N) is 1. The topological polar surface area (TPSA) is 12.9 Å². The van der Waals surface area contributed by atoms with E-state index in [1.807, 2.05) is 12.3 Å². The molecule has 6 aromatic rings. The number of hydrogen-bond acceptors (Lipinski definition) is 1. The molecule has 5 aromatic carbocycles. The van der Waals surface area contributed by atoms with Gasteiger partial charge in [-0.2, -0.15) is 0 Å². The number of benzene rings is 5. The molecule has 0 aliphatic carbocycles. The van der Waals surface area contributed by atoms with E-state index in [9.17, 15) is 0 Å². The Morgan fingerprint density at radius 3 is 1.61 bits per heavy atom. The van der Waals surface area contributed by atoms with Gasteiger partial charge in [0, 0.05) is 11.8 Å². The highest BCUT2D eigenvalue weighted by Crippen LogP contribution is 2.44. The minimum absolute atomic E-state index is 1.00. The van der Waals surface area contributed by atoms with E-state index in [-0.39, 0.29) is 0 Å². The fourth-order valence-electron chi connectivity index (χ4n) is 4.86. The van der Waals surface area contributed by atoms with Crippen LogP contribution in [0.25, 0.3) is 55.1 Å². The van der Waals surface area contributed by atoms with Crippen LogP contribution in [-0.2, 0) is 0 Å². The lowest BCUT2D eigenvalue weighted by Gasteiger charge is -2.18. The van der Waals surface area contributed by atoms with Crippen molar-refractivity contribution in [2.75, 3.05) is 0 Å². The minimum Gasteiger partial charge on any atom is -0.256 e. The van der Waals surface area contributed by atoms with Crippen molar-refractivity contribution in [2.24, 2.45) is 0 Å². The predicted molar refractivity (Wildman–Crippen MR) is 140 cm³/mol. The summed E-state index contributed by atoms with van der Waals surface area (Å²) in [5, 5.41) is 5.05. The zero-order chi connectivity index (χ0) is 22.2. The monoisotopic (exact) mass is 421 g/mol. The van der Waals surface area contributed by atoms with Gasteiger partial charge in [0.1, 0.15) is 0 Å². The lowest BCUT2D eigenvalue weighted by atomic mass is 9.85. The SMILES string of the molecule is Cc1ccnc(-c2ccc3c(-c4ccccc4)c4ccccc4c(-c4ccccc4)c3c2)c1. The lowest BCUT2D eigenvalue weighted by molar-refractivity contribution is 1.29. The zero-order valence-electron chi connectivity index (χ0n) is 18.5. The molecule has 1 aromatic heterocycles. The van der Waals surface area contributed by atoms with Gasteiger partial charge in [-0.1, -0.05) is 97.1 Å². The van der Waals surface area contributed by atoms with Crippen LogP contribution in [0.1, 0.15) is 5.56 Å². The van der Waals surface area contributed by atoms with Gasteiger partial charge in [0.05, 0.1) is 5.69 Å². The van der Waals surface area contributed by atoms with Crippen molar-refractivity contribution in [3.63, 3.8) is 0 Å². The summed E-state index contributed by atoms with van der Waals surface area (Å²) >= 11 is 0. The van der Waals surface area contributed by atoms with Gasteiger partial charge in [-0.25, -0.2) is 0 Å². The van der Waals surface area contributed by atoms with Gasteiger partial charge in [0.2, 0.25) is 0 Å². The molecule has 1 nitrogen and oxygen atoms in total. The predicted octanol–water partition coefficient (Wildman–Crippen LogP) is 8.70. The van der Waals surface area contributed by atoms with Crippen LogP contribution in [0.4, 0.5) is 0 Å². The molecule has 0 N–H and O–H groups in total. The quantitative estimate of drug-likeness (QED) is 0.260. The number of aryl methyl sites for hydroxylation is 1. The van der Waals surface area contributed by atoms with E-state index in [0.717, 1.165) is 11.3 Å². The van der Waals surface area contributed by atoms with Gasteiger partial charge in [0.15, 0.2) is 0 Å². The van der Waals surface area contributed by atoms with Crippen LogP contribution in [0, 0.1) is 6.92 Å². The van der Waals surface area contributed by atoms with Crippen LogP contribution in [0.3, 0.4) is 0 Å². The highest BCUT2D eigenvalue weighted by atomic mass is 14.7. The minimum atomic E-state index is 1.00. The molecular weight excluding hydrogens is 398 g/mol. The molecule has 6 rings (SSSR count). The van der Waals surface area contributed by atoms with Crippen molar-refractivity contribution in [3.05, 3.63) is 127 Å². The van der Waals surface area contributed by atoms with E-state index < -0.39 is 0 Å². The Morgan fingerprint density at radius 1 is 0.455 bits per heavy atom. The molecule has 156 valence electrons. The Hall–Kier alpha value is -4.23. The number of aromatic nitrogens is 1. The number of rotatable bonds is 3. The summed E-state index contributed by atoms with van der Waals surface area (Å²) in [4.78, 5) is 4.66. The molecule has 1 heteroatoms. The molecule has 0 atom stereocenters. The summed E-state index contributed by atoms with van der Waals surface area (Å²) < 4.78 is 0. The molecule has 0 aliphatic heterocycles. The average molecular weight is 422 g/mol. The first-order valence-corrected chi connectivity index (χ1v) is 11.3. The van der Waals surface area contributed by atoms with Crippen LogP contribution in [0.5, 0.6) is 0 Å². The molecule has 0 aliphatic rings. The Morgan fingerprint density at radius 2 is 1.00 bits per heavy atom. The van der Waals surface area contributed by atoms with Crippen LogP contribution in [0.15, 0.2) is 121 Å². The molecule has 0 amide bonds. The van der Waals surface area contributed by atoms with E-state index >= 15 is 0 Å². The van der Waals surface area contributed by atoms with Crippen molar-refractivity contribution < 1.29 is 0 Å². The Labute approximate surface area is 194 Å². The van der Waals surface area contributed by atoms with Gasteiger partial charge in [-0.15, -0.1) is 0 Å². The van der Waals surface area contributed by atoms with Crippen molar-refractivity contribution >= 4 is 21.5 Å². The van der Waals surface area contributed by atoms with E-state index in [0.29, 0.717) is 0 Å². The highest BCUT2D eigenvalue weighted by Gasteiger charge is 2.17. The Kier molecular flexibility index (Phi) is 4.74. The average Bonchev–Trinajstić information content (AvgIpc) is 2.88. The summed E-state index contributed by atoms with van der Waals surface area (Å²) in [5.74, 6) is 0. The maximum atomic E-state index is 4.66. The third-order valence-electron chi connectivity index (χ3n) is 6.36. The number of fused-ring (bicyclic) bond motifs is 2. The number of pyridine rings is 1. The second-order valence-electron chi connectivity index (χ2n) is 8.51. The van der Waals surface area contributed by atoms with Gasteiger partial charge in [-0.3, -0.25) is 4.98 Å². The normalized spacial score (nSPS) is 11.2. The third kappa shape index (κ3) is 3.39. The fourth-order valence-corrected chi connectivity index (χ4v) is 4.86. The van der Waals surface area contributed by atoms with Gasteiger partial charge in [-0.05, 0) is 74.5 Å². The summed E-state index contributed by atoms with van der Waals surface area (Å²) in [6.45, 7) is 2.11. The molecular formula is C32H23N. The van der Waals surface area contributed by atoms with E-state index in [1.54, 1.807) is 0 Å². The van der Waals surface area contributed by atoms with Crippen LogP contribution in [0.2, 0.25) is 0 Å². The van der Waals surface area contributed by atoms with Crippen LogP contribution < -0.4 is 0 Å². The van der Waals surface area contributed by atoms with Crippen molar-refractivity contribution in [1.29, 1.82) is 0 Å². The largest absolute Gasteiger partial charge is 0.256 e.